The lowest BCUT2D eigenvalue weighted by Crippen LogP contribution is -2.26. The van der Waals surface area contributed by atoms with Gasteiger partial charge in [0, 0.05) is 18.8 Å². The third kappa shape index (κ3) is 3.49. The number of hydrogen-bond acceptors (Lipinski definition) is 5. The van der Waals surface area contributed by atoms with Gasteiger partial charge in [-0.2, -0.15) is 0 Å². The molecule has 0 saturated carbocycles. The average molecular weight is 387 g/mol. The molecule has 0 saturated heterocycles. The largest absolute Gasteiger partial charge is 0.454 e. The molecule has 0 aliphatic carbocycles. The monoisotopic (exact) mass is 387 g/mol. The van der Waals surface area contributed by atoms with Gasteiger partial charge in [0.25, 0.3) is 5.91 Å². The number of aryl methyl sites for hydroxylation is 1. The zero-order chi connectivity index (χ0) is 19.6. The number of carbonyl (C=O) groups is 1. The van der Waals surface area contributed by atoms with Gasteiger partial charge < -0.3 is 19.7 Å². The predicted octanol–water partition coefficient (Wildman–Crippen LogP) is 3.82. The molecule has 0 fully saturated rings. The van der Waals surface area contributed by atoms with Crippen LogP contribution in [-0.4, -0.2) is 24.2 Å². The smallest absolute Gasteiger partial charge is 0.270 e. The van der Waals surface area contributed by atoms with Gasteiger partial charge in [-0.25, -0.2) is 4.98 Å². The topological polar surface area (TPSA) is 63.7 Å². The molecular weight excluding hydrogens is 366 g/mol. The Hall–Kier alpha value is -3.54. The van der Waals surface area contributed by atoms with Crippen molar-refractivity contribution in [3.63, 3.8) is 0 Å². The summed E-state index contributed by atoms with van der Waals surface area (Å²) in [6.45, 7) is 1.59. The number of ether oxygens (including phenoxy) is 2. The molecule has 146 valence electrons. The molecule has 6 nitrogen and oxygen atoms in total. The Kier molecular flexibility index (Phi) is 4.52. The van der Waals surface area contributed by atoms with E-state index in [2.05, 4.69) is 39.5 Å². The van der Waals surface area contributed by atoms with Crippen LogP contribution in [0.15, 0.2) is 60.8 Å². The molecule has 5 rings (SSSR count). The summed E-state index contributed by atoms with van der Waals surface area (Å²) in [6, 6.07) is 17.8. The van der Waals surface area contributed by atoms with Crippen molar-refractivity contribution >= 4 is 17.3 Å². The van der Waals surface area contributed by atoms with Crippen molar-refractivity contribution in [1.82, 2.24) is 10.3 Å². The van der Waals surface area contributed by atoms with E-state index < -0.39 is 0 Å². The number of rotatable bonds is 4. The number of nitrogens with zero attached hydrogens (tertiary/aromatic N) is 2. The quantitative estimate of drug-likeness (QED) is 0.737. The zero-order valence-corrected chi connectivity index (χ0v) is 15.9. The Morgan fingerprint density at radius 2 is 1.97 bits per heavy atom. The van der Waals surface area contributed by atoms with E-state index in [1.807, 2.05) is 24.3 Å². The molecule has 0 radical (unpaired) electrons. The molecule has 0 atom stereocenters. The van der Waals surface area contributed by atoms with Crippen molar-refractivity contribution in [2.45, 2.75) is 19.4 Å². The maximum absolute atomic E-state index is 12.5. The molecule has 0 unspecified atom stereocenters. The molecule has 6 heteroatoms. The number of benzene rings is 2. The lowest BCUT2D eigenvalue weighted by molar-refractivity contribution is 0.0946. The summed E-state index contributed by atoms with van der Waals surface area (Å²) in [5.74, 6) is 1.24. The summed E-state index contributed by atoms with van der Waals surface area (Å²) in [7, 11) is 0. The summed E-state index contributed by atoms with van der Waals surface area (Å²) >= 11 is 0. The minimum Gasteiger partial charge on any atom is -0.454 e. The van der Waals surface area contributed by atoms with Gasteiger partial charge in [-0.3, -0.25) is 4.79 Å². The van der Waals surface area contributed by atoms with E-state index in [9.17, 15) is 4.79 Å². The Morgan fingerprint density at radius 3 is 2.86 bits per heavy atom. The Labute approximate surface area is 169 Å². The van der Waals surface area contributed by atoms with Crippen molar-refractivity contribution in [3.8, 4) is 11.5 Å². The summed E-state index contributed by atoms with van der Waals surface area (Å²) in [6.07, 6.45) is 3.98. The van der Waals surface area contributed by atoms with Gasteiger partial charge in [0.05, 0.1) is 11.9 Å². The van der Waals surface area contributed by atoms with Crippen LogP contribution in [0.25, 0.3) is 0 Å². The number of carbonyl (C=O) groups excluding carboxylic acids is 1. The van der Waals surface area contributed by atoms with E-state index in [4.69, 9.17) is 9.47 Å². The minimum atomic E-state index is -0.201. The highest BCUT2D eigenvalue weighted by atomic mass is 16.7. The normalized spacial score (nSPS) is 14.4. The van der Waals surface area contributed by atoms with Gasteiger partial charge in [-0.1, -0.05) is 24.3 Å². The van der Waals surface area contributed by atoms with Crippen LogP contribution in [0.5, 0.6) is 11.5 Å². The molecule has 0 spiro atoms. The van der Waals surface area contributed by atoms with Crippen molar-refractivity contribution in [1.29, 1.82) is 0 Å². The van der Waals surface area contributed by atoms with Crippen molar-refractivity contribution in [3.05, 3.63) is 77.6 Å². The maximum Gasteiger partial charge on any atom is 0.270 e. The maximum atomic E-state index is 12.5. The standard InChI is InChI=1S/C23H21N3O3/c27-23(25-13-16-7-10-21-22(12-16)29-15-28-21)19-9-8-18(14-24-19)26-11-3-5-17-4-1-2-6-20(17)26/h1-2,4,6-10,12,14H,3,5,11,13,15H2,(H,25,27). The average Bonchev–Trinajstić information content (AvgIpc) is 3.25. The first-order valence-electron chi connectivity index (χ1n) is 9.76. The Morgan fingerprint density at radius 1 is 1.07 bits per heavy atom. The molecule has 1 N–H and O–H groups in total. The number of aromatic nitrogens is 1. The molecule has 1 amide bonds. The van der Waals surface area contributed by atoms with Crippen LogP contribution < -0.4 is 19.7 Å². The van der Waals surface area contributed by atoms with E-state index in [1.165, 1.54) is 11.3 Å². The van der Waals surface area contributed by atoms with Crippen LogP contribution in [-0.2, 0) is 13.0 Å². The predicted molar refractivity (Wildman–Crippen MR) is 110 cm³/mol. The van der Waals surface area contributed by atoms with E-state index in [-0.39, 0.29) is 12.7 Å². The molecule has 0 bridgehead atoms. The van der Waals surface area contributed by atoms with Crippen molar-refractivity contribution in [2.75, 3.05) is 18.2 Å². The summed E-state index contributed by atoms with van der Waals surface area (Å²) < 4.78 is 10.7. The van der Waals surface area contributed by atoms with Crippen LogP contribution in [0.1, 0.15) is 28.0 Å². The fourth-order valence-corrected chi connectivity index (χ4v) is 3.81. The lowest BCUT2D eigenvalue weighted by atomic mass is 10.0. The molecule has 2 aliphatic rings. The lowest BCUT2D eigenvalue weighted by Gasteiger charge is -2.31. The molecule has 2 aliphatic heterocycles. The molecule has 3 aromatic rings. The van der Waals surface area contributed by atoms with Gasteiger partial charge in [0.15, 0.2) is 11.5 Å². The number of fused-ring (bicyclic) bond motifs is 2. The number of pyridine rings is 1. The SMILES string of the molecule is O=C(NCc1ccc2c(c1)OCO2)c1ccc(N2CCCc3ccccc32)cn1. The van der Waals surface area contributed by atoms with E-state index in [0.29, 0.717) is 18.0 Å². The molecule has 29 heavy (non-hydrogen) atoms. The van der Waals surface area contributed by atoms with Gasteiger partial charge >= 0.3 is 0 Å². The third-order valence-corrected chi connectivity index (χ3v) is 5.29. The van der Waals surface area contributed by atoms with Crippen molar-refractivity contribution < 1.29 is 14.3 Å². The number of amides is 1. The van der Waals surface area contributed by atoms with Crippen LogP contribution in [0.3, 0.4) is 0 Å². The summed E-state index contributed by atoms with van der Waals surface area (Å²) in [4.78, 5) is 19.2. The van der Waals surface area contributed by atoms with Crippen LogP contribution in [0.2, 0.25) is 0 Å². The van der Waals surface area contributed by atoms with Crippen LogP contribution in [0, 0.1) is 0 Å². The molecule has 2 aromatic carbocycles. The first-order chi connectivity index (χ1) is 14.3. The first-order valence-corrected chi connectivity index (χ1v) is 9.76. The number of nitrogens with one attached hydrogen (secondary N) is 1. The second-order valence-electron chi connectivity index (χ2n) is 7.16. The van der Waals surface area contributed by atoms with Crippen LogP contribution >= 0.6 is 0 Å². The zero-order valence-electron chi connectivity index (χ0n) is 15.9. The fourth-order valence-electron chi connectivity index (χ4n) is 3.81. The fraction of sp³-hybridized carbons (Fsp3) is 0.217. The molecule has 1 aromatic heterocycles. The number of anilines is 2. The highest BCUT2D eigenvalue weighted by Crippen LogP contribution is 2.33. The highest BCUT2D eigenvalue weighted by molar-refractivity contribution is 5.92. The molecule has 3 heterocycles. The third-order valence-electron chi connectivity index (χ3n) is 5.29. The van der Waals surface area contributed by atoms with Crippen LogP contribution in [0.4, 0.5) is 11.4 Å². The number of para-hydroxylation sites is 1. The van der Waals surface area contributed by atoms with Gasteiger partial charge in [-0.15, -0.1) is 0 Å². The summed E-state index contributed by atoms with van der Waals surface area (Å²) in [5.41, 5.74) is 4.93. The second-order valence-corrected chi connectivity index (χ2v) is 7.16. The van der Waals surface area contributed by atoms with Gasteiger partial charge in [0.1, 0.15) is 5.69 Å². The minimum absolute atomic E-state index is 0.201. The van der Waals surface area contributed by atoms with E-state index in [0.717, 1.165) is 36.4 Å². The molecular formula is C23H21N3O3. The Bertz CT molecular complexity index is 1050. The second kappa shape index (κ2) is 7.47. The Balaban J connectivity index is 1.26. The summed E-state index contributed by atoms with van der Waals surface area (Å²) in [5, 5.41) is 2.91. The van der Waals surface area contributed by atoms with Crippen molar-refractivity contribution in [2.24, 2.45) is 0 Å². The van der Waals surface area contributed by atoms with Gasteiger partial charge in [-0.05, 0) is 54.3 Å². The highest BCUT2D eigenvalue weighted by Gasteiger charge is 2.19. The van der Waals surface area contributed by atoms with E-state index in [1.54, 1.807) is 12.3 Å². The first kappa shape index (κ1) is 17.6. The van der Waals surface area contributed by atoms with E-state index >= 15 is 0 Å². The van der Waals surface area contributed by atoms with Gasteiger partial charge in [0.2, 0.25) is 6.79 Å². The number of hydrogen-bond donors (Lipinski definition) is 1.